The summed E-state index contributed by atoms with van der Waals surface area (Å²) in [7, 11) is -1.99. The Balaban J connectivity index is 2.87. The number of ether oxygens (including phenoxy) is 1. The number of aliphatic hydroxyl groups is 1. The van der Waals surface area contributed by atoms with Crippen molar-refractivity contribution >= 4 is 15.7 Å². The Kier molecular flexibility index (Phi) is 6.36. The van der Waals surface area contributed by atoms with Gasteiger partial charge in [-0.05, 0) is 12.1 Å². The molecule has 0 radical (unpaired) electrons. The maximum atomic E-state index is 11.8. The van der Waals surface area contributed by atoms with Gasteiger partial charge in [0, 0.05) is 19.1 Å². The second-order valence-electron chi connectivity index (χ2n) is 3.73. The molecule has 0 aliphatic heterocycles. The molecule has 19 heavy (non-hydrogen) atoms. The molecule has 2 N–H and O–H groups in total. The number of para-hydroxylation sites is 1. The van der Waals surface area contributed by atoms with Crippen LogP contribution in [0.15, 0.2) is 24.3 Å². The van der Waals surface area contributed by atoms with E-state index in [0.29, 0.717) is 17.7 Å². The van der Waals surface area contributed by atoms with Crippen molar-refractivity contribution in [3.8, 4) is 11.8 Å². The SMILES string of the molecule is COCCS(=O)(=O)Nc1ccccc1C#CCCO. The van der Waals surface area contributed by atoms with Crippen molar-refractivity contribution in [2.75, 3.05) is 30.8 Å². The molecule has 6 heteroatoms. The van der Waals surface area contributed by atoms with Crippen LogP contribution in [0.2, 0.25) is 0 Å². The van der Waals surface area contributed by atoms with E-state index in [1.165, 1.54) is 7.11 Å². The highest BCUT2D eigenvalue weighted by Crippen LogP contribution is 2.15. The Labute approximate surface area is 113 Å². The van der Waals surface area contributed by atoms with Crippen LogP contribution < -0.4 is 4.72 Å². The first-order chi connectivity index (χ1) is 9.09. The molecular weight excluding hydrogens is 266 g/mol. The van der Waals surface area contributed by atoms with Gasteiger partial charge in [-0.15, -0.1) is 0 Å². The minimum absolute atomic E-state index is 0.0191. The van der Waals surface area contributed by atoms with Crippen LogP contribution in [0.3, 0.4) is 0 Å². The molecule has 0 unspecified atom stereocenters. The third-order valence-corrected chi connectivity index (χ3v) is 3.44. The fraction of sp³-hybridized carbons (Fsp3) is 0.385. The van der Waals surface area contributed by atoms with E-state index < -0.39 is 10.0 Å². The molecule has 0 bridgehead atoms. The topological polar surface area (TPSA) is 75.6 Å². The normalized spacial score (nSPS) is 10.6. The van der Waals surface area contributed by atoms with Gasteiger partial charge in [0.1, 0.15) is 0 Å². The van der Waals surface area contributed by atoms with Crippen LogP contribution in [0.4, 0.5) is 5.69 Å². The fourth-order valence-corrected chi connectivity index (χ4v) is 2.31. The van der Waals surface area contributed by atoms with Gasteiger partial charge in [0.2, 0.25) is 10.0 Å². The summed E-state index contributed by atoms with van der Waals surface area (Å²) in [6, 6.07) is 6.87. The molecule has 0 heterocycles. The zero-order valence-electron chi connectivity index (χ0n) is 10.7. The Bertz CT molecular complexity index is 557. The molecule has 104 valence electrons. The van der Waals surface area contributed by atoms with Gasteiger partial charge in [0.05, 0.1) is 24.7 Å². The van der Waals surface area contributed by atoms with Gasteiger partial charge in [-0.3, -0.25) is 4.72 Å². The highest BCUT2D eigenvalue weighted by Gasteiger charge is 2.11. The van der Waals surface area contributed by atoms with Gasteiger partial charge in [0.25, 0.3) is 0 Å². The molecule has 1 aromatic carbocycles. The number of aliphatic hydroxyl groups excluding tert-OH is 1. The van der Waals surface area contributed by atoms with Crippen LogP contribution >= 0.6 is 0 Å². The van der Waals surface area contributed by atoms with Gasteiger partial charge in [0.15, 0.2) is 0 Å². The van der Waals surface area contributed by atoms with Crippen LogP contribution in [0.1, 0.15) is 12.0 Å². The standard InChI is InChI=1S/C13H17NO4S/c1-18-10-11-19(16,17)14-13-8-3-2-6-12(13)7-4-5-9-15/h2-3,6,8,14-15H,5,9-11H2,1H3. The van der Waals surface area contributed by atoms with Gasteiger partial charge in [-0.2, -0.15) is 0 Å². The fourth-order valence-electron chi connectivity index (χ4n) is 1.31. The lowest BCUT2D eigenvalue weighted by Gasteiger charge is -2.09. The maximum Gasteiger partial charge on any atom is 0.235 e. The molecule has 1 rings (SSSR count). The van der Waals surface area contributed by atoms with E-state index in [-0.39, 0.29) is 19.0 Å². The Morgan fingerprint density at radius 3 is 2.79 bits per heavy atom. The summed E-state index contributed by atoms with van der Waals surface area (Å²) in [5, 5.41) is 8.67. The van der Waals surface area contributed by atoms with Crippen molar-refractivity contribution in [2.45, 2.75) is 6.42 Å². The zero-order chi connectivity index (χ0) is 14.1. The largest absolute Gasteiger partial charge is 0.395 e. The van der Waals surface area contributed by atoms with Gasteiger partial charge < -0.3 is 9.84 Å². The quantitative estimate of drug-likeness (QED) is 0.758. The molecule has 0 atom stereocenters. The summed E-state index contributed by atoms with van der Waals surface area (Å²) >= 11 is 0. The average Bonchev–Trinajstić information content (AvgIpc) is 2.38. The minimum atomic E-state index is -3.44. The monoisotopic (exact) mass is 283 g/mol. The summed E-state index contributed by atoms with van der Waals surface area (Å²) in [5.74, 6) is 5.48. The van der Waals surface area contributed by atoms with E-state index in [9.17, 15) is 8.42 Å². The first-order valence-electron chi connectivity index (χ1n) is 5.77. The van der Waals surface area contributed by atoms with Crippen LogP contribution in [-0.2, 0) is 14.8 Å². The van der Waals surface area contributed by atoms with Crippen molar-refractivity contribution in [1.82, 2.24) is 0 Å². The Morgan fingerprint density at radius 1 is 1.37 bits per heavy atom. The second-order valence-corrected chi connectivity index (χ2v) is 5.58. The Hall–Kier alpha value is -1.55. The number of nitrogens with one attached hydrogen (secondary N) is 1. The second kappa shape index (κ2) is 7.79. The zero-order valence-corrected chi connectivity index (χ0v) is 11.5. The molecule has 0 aromatic heterocycles. The summed E-state index contributed by atoms with van der Waals surface area (Å²) in [6.45, 7) is 0.114. The lowest BCUT2D eigenvalue weighted by molar-refractivity contribution is 0.217. The van der Waals surface area contributed by atoms with Crippen LogP contribution in [0, 0.1) is 11.8 Å². The first kappa shape index (κ1) is 15.5. The third kappa shape index (κ3) is 5.75. The molecular formula is C13H17NO4S. The number of hydrogen-bond acceptors (Lipinski definition) is 4. The van der Waals surface area contributed by atoms with E-state index in [0.717, 1.165) is 0 Å². The highest BCUT2D eigenvalue weighted by atomic mass is 32.2. The van der Waals surface area contributed by atoms with Crippen LogP contribution in [0.5, 0.6) is 0 Å². The van der Waals surface area contributed by atoms with Crippen molar-refractivity contribution in [3.63, 3.8) is 0 Å². The molecule has 0 saturated carbocycles. The molecule has 0 fully saturated rings. The van der Waals surface area contributed by atoms with Gasteiger partial charge in [-0.1, -0.05) is 24.0 Å². The number of benzene rings is 1. The molecule has 1 aromatic rings. The molecule has 5 nitrogen and oxygen atoms in total. The molecule has 0 saturated heterocycles. The summed E-state index contributed by atoms with van der Waals surface area (Å²) < 4.78 is 30.7. The Morgan fingerprint density at radius 2 is 2.11 bits per heavy atom. The molecule has 0 aliphatic carbocycles. The summed E-state index contributed by atoms with van der Waals surface area (Å²) in [5.41, 5.74) is 1.01. The molecule has 0 spiro atoms. The van der Waals surface area contributed by atoms with Crippen molar-refractivity contribution in [1.29, 1.82) is 0 Å². The third-order valence-electron chi connectivity index (χ3n) is 2.21. The summed E-state index contributed by atoms with van der Waals surface area (Å²) in [6.07, 6.45) is 0.352. The van der Waals surface area contributed by atoms with Crippen molar-refractivity contribution < 1.29 is 18.3 Å². The number of hydrogen-bond donors (Lipinski definition) is 2. The van der Waals surface area contributed by atoms with E-state index in [2.05, 4.69) is 16.6 Å². The minimum Gasteiger partial charge on any atom is -0.395 e. The maximum absolute atomic E-state index is 11.8. The van der Waals surface area contributed by atoms with E-state index >= 15 is 0 Å². The van der Waals surface area contributed by atoms with E-state index in [1.807, 2.05) is 0 Å². The van der Waals surface area contributed by atoms with Crippen LogP contribution in [-0.4, -0.2) is 39.6 Å². The predicted molar refractivity (Wildman–Crippen MR) is 74.3 cm³/mol. The van der Waals surface area contributed by atoms with E-state index in [1.54, 1.807) is 24.3 Å². The van der Waals surface area contributed by atoms with Gasteiger partial charge >= 0.3 is 0 Å². The molecule has 0 amide bonds. The van der Waals surface area contributed by atoms with Gasteiger partial charge in [-0.25, -0.2) is 8.42 Å². The lowest BCUT2D eigenvalue weighted by Crippen LogP contribution is -2.20. The average molecular weight is 283 g/mol. The predicted octanol–water partition coefficient (Wildman–Crippen LogP) is 0.809. The number of sulfonamides is 1. The number of methoxy groups -OCH3 is 1. The lowest BCUT2D eigenvalue weighted by atomic mass is 10.2. The highest BCUT2D eigenvalue weighted by molar-refractivity contribution is 7.92. The number of rotatable bonds is 6. The van der Waals surface area contributed by atoms with E-state index in [4.69, 9.17) is 9.84 Å². The van der Waals surface area contributed by atoms with Crippen molar-refractivity contribution in [3.05, 3.63) is 29.8 Å². The smallest absolute Gasteiger partial charge is 0.235 e. The first-order valence-corrected chi connectivity index (χ1v) is 7.42. The summed E-state index contributed by atoms with van der Waals surface area (Å²) in [4.78, 5) is 0. The van der Waals surface area contributed by atoms with Crippen LogP contribution in [0.25, 0.3) is 0 Å². The molecule has 0 aliphatic rings. The number of anilines is 1. The van der Waals surface area contributed by atoms with Crippen molar-refractivity contribution in [2.24, 2.45) is 0 Å².